The summed E-state index contributed by atoms with van der Waals surface area (Å²) in [5.41, 5.74) is 0. The molecule has 17 heavy (non-hydrogen) atoms. The number of carboxylic acid groups (broad SMARTS) is 1. The molecule has 0 aliphatic heterocycles. The summed E-state index contributed by atoms with van der Waals surface area (Å²) in [7, 11) is 0. The van der Waals surface area contributed by atoms with Gasteiger partial charge in [-0.2, -0.15) is 0 Å². The van der Waals surface area contributed by atoms with Crippen molar-refractivity contribution in [1.82, 2.24) is 9.80 Å². The zero-order chi connectivity index (χ0) is 13.4. The third-order valence-corrected chi connectivity index (χ3v) is 2.71. The van der Waals surface area contributed by atoms with Gasteiger partial charge < -0.3 is 14.9 Å². The minimum absolute atomic E-state index is 0.0649. The van der Waals surface area contributed by atoms with Crippen molar-refractivity contribution < 1.29 is 14.7 Å². The van der Waals surface area contributed by atoms with E-state index < -0.39 is 11.9 Å². The number of hydrogen-bond acceptors (Lipinski definition) is 2. The lowest BCUT2D eigenvalue weighted by molar-refractivity contribution is -0.141. The van der Waals surface area contributed by atoms with Gasteiger partial charge in [0, 0.05) is 26.2 Å². The Morgan fingerprint density at radius 2 is 1.65 bits per heavy atom. The molecule has 0 aliphatic rings. The zero-order valence-corrected chi connectivity index (χ0v) is 11.3. The SMILES string of the molecule is CCCN(CC)C(=O)N(CC)CC(C)C(=O)O. The lowest BCUT2D eigenvalue weighted by Gasteiger charge is -2.30. The highest BCUT2D eigenvalue weighted by molar-refractivity contribution is 5.76. The fourth-order valence-corrected chi connectivity index (χ4v) is 1.61. The first kappa shape index (κ1) is 15.7. The van der Waals surface area contributed by atoms with Gasteiger partial charge in [0.05, 0.1) is 5.92 Å². The van der Waals surface area contributed by atoms with E-state index >= 15 is 0 Å². The van der Waals surface area contributed by atoms with E-state index in [1.165, 1.54) is 0 Å². The smallest absolute Gasteiger partial charge is 0.320 e. The molecule has 1 N–H and O–H groups in total. The van der Waals surface area contributed by atoms with Gasteiger partial charge in [-0.05, 0) is 20.3 Å². The molecule has 0 aromatic rings. The Balaban J connectivity index is 4.52. The summed E-state index contributed by atoms with van der Waals surface area (Å²) in [5, 5.41) is 8.86. The highest BCUT2D eigenvalue weighted by Crippen LogP contribution is 2.05. The van der Waals surface area contributed by atoms with Crippen molar-refractivity contribution in [3.63, 3.8) is 0 Å². The van der Waals surface area contributed by atoms with E-state index in [4.69, 9.17) is 5.11 Å². The molecule has 0 aromatic heterocycles. The van der Waals surface area contributed by atoms with Gasteiger partial charge in [0.1, 0.15) is 0 Å². The van der Waals surface area contributed by atoms with E-state index in [1.807, 2.05) is 20.8 Å². The molecule has 0 bridgehead atoms. The molecule has 0 saturated carbocycles. The number of nitrogens with zero attached hydrogens (tertiary/aromatic N) is 2. The molecule has 0 radical (unpaired) electrons. The number of rotatable bonds is 7. The Kier molecular flexibility index (Phi) is 7.34. The maximum Gasteiger partial charge on any atom is 0.320 e. The summed E-state index contributed by atoms with van der Waals surface area (Å²) >= 11 is 0. The van der Waals surface area contributed by atoms with Crippen molar-refractivity contribution in [1.29, 1.82) is 0 Å². The molecule has 1 unspecified atom stereocenters. The molecule has 0 aliphatic carbocycles. The van der Waals surface area contributed by atoms with Crippen LogP contribution < -0.4 is 0 Å². The molecule has 0 aromatic carbocycles. The van der Waals surface area contributed by atoms with Crippen LogP contribution in [0.5, 0.6) is 0 Å². The molecule has 100 valence electrons. The van der Waals surface area contributed by atoms with Crippen molar-refractivity contribution in [3.05, 3.63) is 0 Å². The van der Waals surface area contributed by atoms with Crippen LogP contribution in [0.25, 0.3) is 0 Å². The van der Waals surface area contributed by atoms with Crippen LogP contribution in [0.4, 0.5) is 4.79 Å². The van der Waals surface area contributed by atoms with Gasteiger partial charge in [-0.25, -0.2) is 4.79 Å². The van der Waals surface area contributed by atoms with Crippen molar-refractivity contribution in [2.45, 2.75) is 34.1 Å². The first-order valence-electron chi connectivity index (χ1n) is 6.24. The van der Waals surface area contributed by atoms with Crippen LogP contribution in [-0.4, -0.2) is 53.1 Å². The first-order chi connectivity index (χ1) is 7.97. The van der Waals surface area contributed by atoms with Crippen molar-refractivity contribution in [2.24, 2.45) is 5.92 Å². The molecule has 0 rings (SSSR count). The minimum Gasteiger partial charge on any atom is -0.481 e. The average molecular weight is 244 g/mol. The van der Waals surface area contributed by atoms with Gasteiger partial charge in [-0.15, -0.1) is 0 Å². The highest BCUT2D eigenvalue weighted by atomic mass is 16.4. The van der Waals surface area contributed by atoms with E-state index in [0.717, 1.165) is 6.42 Å². The largest absolute Gasteiger partial charge is 0.481 e. The molecule has 0 heterocycles. The lowest BCUT2D eigenvalue weighted by Crippen LogP contribution is -2.45. The normalized spacial score (nSPS) is 12.0. The van der Waals surface area contributed by atoms with Crippen LogP contribution in [0.1, 0.15) is 34.1 Å². The van der Waals surface area contributed by atoms with Crippen molar-refractivity contribution in [2.75, 3.05) is 26.2 Å². The molecule has 0 saturated heterocycles. The third kappa shape index (κ3) is 5.06. The van der Waals surface area contributed by atoms with Crippen LogP contribution in [0.15, 0.2) is 0 Å². The fraction of sp³-hybridized carbons (Fsp3) is 0.833. The Bertz CT molecular complexity index is 256. The van der Waals surface area contributed by atoms with E-state index in [9.17, 15) is 9.59 Å². The Morgan fingerprint density at radius 1 is 1.12 bits per heavy atom. The van der Waals surface area contributed by atoms with Gasteiger partial charge in [0.15, 0.2) is 0 Å². The van der Waals surface area contributed by atoms with Crippen molar-refractivity contribution in [3.8, 4) is 0 Å². The van der Waals surface area contributed by atoms with Gasteiger partial charge in [-0.1, -0.05) is 13.8 Å². The summed E-state index contributed by atoms with van der Waals surface area (Å²) in [4.78, 5) is 26.2. The van der Waals surface area contributed by atoms with Crippen LogP contribution in [0.2, 0.25) is 0 Å². The second kappa shape index (κ2) is 7.92. The number of carbonyl (C=O) groups excluding carboxylic acids is 1. The quantitative estimate of drug-likeness (QED) is 0.744. The summed E-state index contributed by atoms with van der Waals surface area (Å²) in [6.07, 6.45) is 0.908. The summed E-state index contributed by atoms with van der Waals surface area (Å²) in [6.45, 7) is 9.62. The second-order valence-corrected chi connectivity index (χ2v) is 4.14. The standard InChI is InChI=1S/C12H24N2O3/c1-5-8-13(6-2)12(17)14(7-3)9-10(4)11(15)16/h10H,5-9H2,1-4H3,(H,15,16). The monoisotopic (exact) mass is 244 g/mol. The molecule has 2 amide bonds. The van der Waals surface area contributed by atoms with Gasteiger partial charge in [0.25, 0.3) is 0 Å². The Labute approximate surface area is 103 Å². The van der Waals surface area contributed by atoms with Crippen LogP contribution in [0, 0.1) is 5.92 Å². The van der Waals surface area contributed by atoms with Gasteiger partial charge in [0.2, 0.25) is 0 Å². The molecule has 5 heteroatoms. The Hall–Kier alpha value is -1.26. The third-order valence-electron chi connectivity index (χ3n) is 2.71. The Morgan fingerprint density at radius 3 is 2.00 bits per heavy atom. The number of carbonyl (C=O) groups is 2. The minimum atomic E-state index is -0.866. The van der Waals surface area contributed by atoms with E-state index in [0.29, 0.717) is 19.6 Å². The zero-order valence-electron chi connectivity index (χ0n) is 11.3. The number of carboxylic acids is 1. The summed E-state index contributed by atoms with van der Waals surface area (Å²) in [6, 6.07) is -0.0649. The molecular formula is C12H24N2O3. The number of amides is 2. The maximum absolute atomic E-state index is 12.1. The second-order valence-electron chi connectivity index (χ2n) is 4.14. The fourth-order valence-electron chi connectivity index (χ4n) is 1.61. The molecular weight excluding hydrogens is 220 g/mol. The van der Waals surface area contributed by atoms with E-state index in [2.05, 4.69) is 0 Å². The molecule has 0 fully saturated rings. The summed E-state index contributed by atoms with van der Waals surface area (Å²) in [5.74, 6) is -1.39. The van der Waals surface area contributed by atoms with Crippen molar-refractivity contribution >= 4 is 12.0 Å². The average Bonchev–Trinajstić information content (AvgIpc) is 2.31. The first-order valence-corrected chi connectivity index (χ1v) is 6.24. The maximum atomic E-state index is 12.1. The molecule has 0 spiro atoms. The van der Waals surface area contributed by atoms with E-state index in [-0.39, 0.29) is 12.6 Å². The predicted molar refractivity (Wildman–Crippen MR) is 67.0 cm³/mol. The summed E-state index contributed by atoms with van der Waals surface area (Å²) < 4.78 is 0. The highest BCUT2D eigenvalue weighted by Gasteiger charge is 2.22. The van der Waals surface area contributed by atoms with Crippen LogP contribution in [-0.2, 0) is 4.79 Å². The molecule has 5 nitrogen and oxygen atoms in total. The molecule has 1 atom stereocenters. The predicted octanol–water partition coefficient (Wildman–Crippen LogP) is 1.88. The lowest BCUT2D eigenvalue weighted by atomic mass is 10.2. The van der Waals surface area contributed by atoms with Gasteiger partial charge in [-0.3, -0.25) is 4.79 Å². The van der Waals surface area contributed by atoms with Gasteiger partial charge >= 0.3 is 12.0 Å². The van der Waals surface area contributed by atoms with Crippen LogP contribution in [0.3, 0.4) is 0 Å². The number of hydrogen-bond donors (Lipinski definition) is 1. The number of urea groups is 1. The topological polar surface area (TPSA) is 60.9 Å². The number of aliphatic carboxylic acids is 1. The van der Waals surface area contributed by atoms with Crippen LogP contribution >= 0.6 is 0 Å². The van der Waals surface area contributed by atoms with E-state index in [1.54, 1.807) is 16.7 Å².